The van der Waals surface area contributed by atoms with Gasteiger partial charge in [-0.05, 0) is 55.8 Å². The van der Waals surface area contributed by atoms with Gasteiger partial charge in [0.15, 0.2) is 0 Å². The van der Waals surface area contributed by atoms with Gasteiger partial charge in [-0.1, -0.05) is 20.8 Å². The van der Waals surface area contributed by atoms with E-state index in [4.69, 9.17) is 0 Å². The highest BCUT2D eigenvalue weighted by molar-refractivity contribution is 5.74. The number of likely N-dealkylation sites (tertiary alicyclic amines) is 1. The third kappa shape index (κ3) is 3.91. The monoisotopic (exact) mass is 296 g/mol. The summed E-state index contributed by atoms with van der Waals surface area (Å²) in [5.74, 6) is 1.37. The Kier molecular flexibility index (Phi) is 5.53. The zero-order chi connectivity index (χ0) is 15.5. The average Bonchev–Trinajstić information content (AvgIpc) is 2.50. The Morgan fingerprint density at radius 2 is 1.95 bits per heavy atom. The zero-order valence-electron chi connectivity index (χ0n) is 13.9. The highest BCUT2D eigenvalue weighted by Crippen LogP contribution is 2.34. The Morgan fingerprint density at radius 3 is 2.48 bits per heavy atom. The third-order valence-corrected chi connectivity index (χ3v) is 5.94. The molecule has 3 unspecified atom stereocenters. The Morgan fingerprint density at radius 1 is 1.29 bits per heavy atom. The van der Waals surface area contributed by atoms with Crippen LogP contribution in [-0.2, 0) is 0 Å². The molecule has 21 heavy (non-hydrogen) atoms. The normalized spacial score (nSPS) is 32.8. The summed E-state index contributed by atoms with van der Waals surface area (Å²) in [6.07, 6.45) is 6.39. The number of hydrogen-bond acceptors (Lipinski definition) is 2. The van der Waals surface area contributed by atoms with E-state index in [2.05, 4.69) is 26.1 Å². The lowest BCUT2D eigenvalue weighted by molar-refractivity contribution is 0.0505. The minimum absolute atomic E-state index is 0.0460. The number of carbonyl (C=O) groups excluding carboxylic acids is 1. The molecular formula is C17H32N2O2. The largest absolute Gasteiger partial charge is 0.396 e. The van der Waals surface area contributed by atoms with Crippen LogP contribution in [0.2, 0.25) is 0 Å². The fraction of sp³-hybridized carbons (Fsp3) is 0.941. The number of urea groups is 1. The van der Waals surface area contributed by atoms with Gasteiger partial charge in [-0.15, -0.1) is 0 Å². The van der Waals surface area contributed by atoms with Gasteiger partial charge in [-0.25, -0.2) is 4.79 Å². The van der Waals surface area contributed by atoms with Crippen LogP contribution in [0.3, 0.4) is 0 Å². The SMILES string of the molecule is CCC1(CO)CCN(C(=O)NC2CCC(C)CC2C)CC1. The molecule has 0 bridgehead atoms. The van der Waals surface area contributed by atoms with Gasteiger partial charge in [-0.2, -0.15) is 0 Å². The number of rotatable bonds is 3. The van der Waals surface area contributed by atoms with E-state index in [1.165, 1.54) is 12.8 Å². The molecule has 3 atom stereocenters. The fourth-order valence-corrected chi connectivity index (χ4v) is 3.94. The van der Waals surface area contributed by atoms with E-state index in [0.717, 1.165) is 44.7 Å². The predicted molar refractivity (Wildman–Crippen MR) is 85.1 cm³/mol. The average molecular weight is 296 g/mol. The molecule has 4 heteroatoms. The summed E-state index contributed by atoms with van der Waals surface area (Å²) >= 11 is 0. The lowest BCUT2D eigenvalue weighted by Gasteiger charge is -2.41. The first kappa shape index (κ1) is 16.6. The second kappa shape index (κ2) is 6.99. The maximum atomic E-state index is 12.4. The lowest BCUT2D eigenvalue weighted by atomic mass is 9.77. The van der Waals surface area contributed by atoms with Gasteiger partial charge in [0.05, 0.1) is 0 Å². The topological polar surface area (TPSA) is 52.6 Å². The van der Waals surface area contributed by atoms with Crippen molar-refractivity contribution < 1.29 is 9.90 Å². The number of amides is 2. The van der Waals surface area contributed by atoms with Gasteiger partial charge in [0.1, 0.15) is 0 Å². The molecule has 4 nitrogen and oxygen atoms in total. The van der Waals surface area contributed by atoms with Crippen molar-refractivity contribution in [1.29, 1.82) is 0 Å². The maximum Gasteiger partial charge on any atom is 0.317 e. The van der Waals surface area contributed by atoms with Crippen LogP contribution < -0.4 is 5.32 Å². The molecule has 1 saturated carbocycles. The van der Waals surface area contributed by atoms with Gasteiger partial charge >= 0.3 is 6.03 Å². The lowest BCUT2D eigenvalue weighted by Crippen LogP contribution is -2.52. The van der Waals surface area contributed by atoms with Gasteiger partial charge in [0.2, 0.25) is 0 Å². The van der Waals surface area contributed by atoms with Crippen molar-refractivity contribution in [3.8, 4) is 0 Å². The Labute approximate surface area is 129 Å². The van der Waals surface area contributed by atoms with E-state index in [1.807, 2.05) is 4.90 Å². The van der Waals surface area contributed by atoms with Crippen molar-refractivity contribution in [3.63, 3.8) is 0 Å². The molecular weight excluding hydrogens is 264 g/mol. The molecule has 1 heterocycles. The van der Waals surface area contributed by atoms with Crippen LogP contribution in [-0.4, -0.2) is 41.8 Å². The summed E-state index contributed by atoms with van der Waals surface area (Å²) in [6.45, 7) is 8.49. The molecule has 122 valence electrons. The van der Waals surface area contributed by atoms with Crippen molar-refractivity contribution in [2.75, 3.05) is 19.7 Å². The Hall–Kier alpha value is -0.770. The number of piperidine rings is 1. The quantitative estimate of drug-likeness (QED) is 0.841. The zero-order valence-corrected chi connectivity index (χ0v) is 13.9. The summed E-state index contributed by atoms with van der Waals surface area (Å²) in [4.78, 5) is 14.4. The van der Waals surface area contributed by atoms with Crippen molar-refractivity contribution >= 4 is 6.03 Å². The van der Waals surface area contributed by atoms with Crippen LogP contribution in [0.25, 0.3) is 0 Å². The molecule has 0 aromatic carbocycles. The van der Waals surface area contributed by atoms with E-state index in [1.54, 1.807) is 0 Å². The number of carbonyl (C=O) groups is 1. The van der Waals surface area contributed by atoms with E-state index >= 15 is 0 Å². The summed E-state index contributed by atoms with van der Waals surface area (Å²) in [6, 6.07) is 0.438. The number of aliphatic hydroxyl groups excluding tert-OH is 1. The smallest absolute Gasteiger partial charge is 0.317 e. The van der Waals surface area contributed by atoms with Crippen LogP contribution >= 0.6 is 0 Å². The fourth-order valence-electron chi connectivity index (χ4n) is 3.94. The predicted octanol–water partition coefficient (Wildman–Crippen LogP) is 3.01. The van der Waals surface area contributed by atoms with Crippen molar-refractivity contribution in [2.24, 2.45) is 17.3 Å². The molecule has 0 aromatic rings. The standard InChI is InChI=1S/C17H32N2O2/c1-4-17(12-20)7-9-19(10-8-17)16(21)18-15-6-5-13(2)11-14(15)3/h13-15,20H,4-12H2,1-3H3,(H,18,21). The molecule has 1 saturated heterocycles. The number of nitrogens with one attached hydrogen (secondary N) is 1. The summed E-state index contributed by atoms with van der Waals surface area (Å²) < 4.78 is 0. The van der Waals surface area contributed by atoms with Crippen LogP contribution in [0.1, 0.15) is 59.3 Å². The van der Waals surface area contributed by atoms with Gasteiger partial charge < -0.3 is 15.3 Å². The molecule has 1 aliphatic heterocycles. The third-order valence-electron chi connectivity index (χ3n) is 5.94. The number of nitrogens with zero attached hydrogens (tertiary/aromatic N) is 1. The van der Waals surface area contributed by atoms with Crippen molar-refractivity contribution in [2.45, 2.75) is 65.3 Å². The van der Waals surface area contributed by atoms with E-state index in [9.17, 15) is 9.90 Å². The van der Waals surface area contributed by atoms with Crippen LogP contribution in [0.4, 0.5) is 4.79 Å². The summed E-state index contributed by atoms with van der Waals surface area (Å²) in [5.41, 5.74) is 0.0460. The molecule has 0 aromatic heterocycles. The minimum Gasteiger partial charge on any atom is -0.396 e. The maximum absolute atomic E-state index is 12.4. The molecule has 2 fully saturated rings. The summed E-state index contributed by atoms with van der Waals surface area (Å²) in [7, 11) is 0. The van der Waals surface area contributed by atoms with Gasteiger partial charge in [-0.3, -0.25) is 0 Å². The number of aliphatic hydroxyl groups is 1. The molecule has 2 aliphatic rings. The van der Waals surface area contributed by atoms with E-state index in [0.29, 0.717) is 12.0 Å². The molecule has 0 spiro atoms. The van der Waals surface area contributed by atoms with Crippen LogP contribution in [0.15, 0.2) is 0 Å². The van der Waals surface area contributed by atoms with Gasteiger partial charge in [0, 0.05) is 25.7 Å². The van der Waals surface area contributed by atoms with Crippen LogP contribution in [0, 0.1) is 17.3 Å². The molecule has 2 N–H and O–H groups in total. The van der Waals surface area contributed by atoms with Crippen LogP contribution in [0.5, 0.6) is 0 Å². The molecule has 2 amide bonds. The van der Waals surface area contributed by atoms with Crippen molar-refractivity contribution in [3.05, 3.63) is 0 Å². The second-order valence-electron chi connectivity index (χ2n) is 7.45. The Balaban J connectivity index is 1.82. The molecule has 2 rings (SSSR count). The van der Waals surface area contributed by atoms with Crippen molar-refractivity contribution in [1.82, 2.24) is 10.2 Å². The van der Waals surface area contributed by atoms with E-state index in [-0.39, 0.29) is 18.1 Å². The Bertz CT molecular complexity index is 345. The first-order valence-corrected chi connectivity index (χ1v) is 8.66. The second-order valence-corrected chi connectivity index (χ2v) is 7.45. The molecule has 1 aliphatic carbocycles. The first-order chi connectivity index (χ1) is 9.99. The first-order valence-electron chi connectivity index (χ1n) is 8.66. The molecule has 0 radical (unpaired) electrons. The minimum atomic E-state index is 0.0460. The summed E-state index contributed by atoms with van der Waals surface area (Å²) in [5, 5.41) is 12.8. The number of hydrogen-bond donors (Lipinski definition) is 2. The van der Waals surface area contributed by atoms with E-state index < -0.39 is 0 Å². The van der Waals surface area contributed by atoms with Gasteiger partial charge in [0.25, 0.3) is 0 Å². The highest BCUT2D eigenvalue weighted by atomic mass is 16.3. The highest BCUT2D eigenvalue weighted by Gasteiger charge is 2.35.